The second kappa shape index (κ2) is 3.24. The van der Waals surface area contributed by atoms with Crippen LogP contribution in [0.2, 0.25) is 5.15 Å². The zero-order valence-electron chi connectivity index (χ0n) is 5.67. The van der Waals surface area contributed by atoms with Gasteiger partial charge < -0.3 is 5.32 Å². The van der Waals surface area contributed by atoms with Crippen LogP contribution in [0.5, 0.6) is 0 Å². The first kappa shape index (κ1) is 8.56. The van der Waals surface area contributed by atoms with Crippen LogP contribution in [0.15, 0.2) is 6.07 Å². The molecular formula is C6H7Cl2N3. The number of rotatable bonds is 0. The fraction of sp³-hybridized carbons (Fsp3) is 0.333. The molecular weight excluding hydrogens is 185 g/mol. The van der Waals surface area contributed by atoms with E-state index in [1.165, 1.54) is 5.56 Å². The third-order valence-electron chi connectivity index (χ3n) is 1.53. The van der Waals surface area contributed by atoms with Gasteiger partial charge in [-0.25, -0.2) is 0 Å². The van der Waals surface area contributed by atoms with Crippen molar-refractivity contribution in [3.63, 3.8) is 0 Å². The van der Waals surface area contributed by atoms with Crippen LogP contribution in [0.25, 0.3) is 0 Å². The Morgan fingerprint density at radius 1 is 1.45 bits per heavy atom. The van der Waals surface area contributed by atoms with Crippen LogP contribution in [-0.4, -0.2) is 16.7 Å². The summed E-state index contributed by atoms with van der Waals surface area (Å²) in [6.07, 6.45) is 1.00. The van der Waals surface area contributed by atoms with Gasteiger partial charge in [-0.15, -0.1) is 22.6 Å². The van der Waals surface area contributed by atoms with Gasteiger partial charge in [0.15, 0.2) is 11.0 Å². The van der Waals surface area contributed by atoms with Gasteiger partial charge in [-0.05, 0) is 12.5 Å². The van der Waals surface area contributed by atoms with E-state index in [-0.39, 0.29) is 12.4 Å². The van der Waals surface area contributed by atoms with Crippen molar-refractivity contribution in [2.75, 3.05) is 11.9 Å². The molecule has 0 radical (unpaired) electrons. The van der Waals surface area contributed by atoms with Gasteiger partial charge in [-0.2, -0.15) is 0 Å². The van der Waals surface area contributed by atoms with Gasteiger partial charge in [0.1, 0.15) is 0 Å². The zero-order chi connectivity index (χ0) is 6.97. The summed E-state index contributed by atoms with van der Waals surface area (Å²) < 4.78 is 0. The molecule has 11 heavy (non-hydrogen) atoms. The van der Waals surface area contributed by atoms with E-state index in [9.17, 15) is 0 Å². The normalized spacial score (nSPS) is 13.2. The lowest BCUT2D eigenvalue weighted by atomic mass is 10.2. The lowest BCUT2D eigenvalue weighted by Crippen LogP contribution is -1.94. The quantitative estimate of drug-likeness (QED) is 0.677. The molecule has 60 valence electrons. The van der Waals surface area contributed by atoms with E-state index in [0.29, 0.717) is 5.15 Å². The Kier molecular flexibility index (Phi) is 2.52. The number of nitrogens with one attached hydrogen (secondary N) is 1. The Hall–Kier alpha value is -0.540. The first-order chi connectivity index (χ1) is 4.86. The molecule has 0 unspecified atom stereocenters. The second-order valence-electron chi connectivity index (χ2n) is 2.22. The van der Waals surface area contributed by atoms with Gasteiger partial charge in [0.25, 0.3) is 0 Å². The Morgan fingerprint density at radius 2 is 2.27 bits per heavy atom. The smallest absolute Gasteiger partial charge is 0.152 e. The maximum Gasteiger partial charge on any atom is 0.152 e. The first-order valence-corrected chi connectivity index (χ1v) is 3.50. The predicted molar refractivity (Wildman–Crippen MR) is 46.5 cm³/mol. The summed E-state index contributed by atoms with van der Waals surface area (Å²) in [6, 6.07) is 1.85. The van der Waals surface area contributed by atoms with Gasteiger partial charge in [0.2, 0.25) is 0 Å². The number of hydrogen-bond donors (Lipinski definition) is 1. The SMILES string of the molecule is Cl.Clc1cc2c(nn1)NCC2. The molecule has 0 spiro atoms. The molecule has 0 amide bonds. The van der Waals surface area contributed by atoms with Crippen molar-refractivity contribution in [1.29, 1.82) is 0 Å². The monoisotopic (exact) mass is 191 g/mol. The second-order valence-corrected chi connectivity index (χ2v) is 2.60. The summed E-state index contributed by atoms with van der Waals surface area (Å²) in [5, 5.41) is 11.1. The zero-order valence-corrected chi connectivity index (χ0v) is 7.24. The molecule has 1 aromatic heterocycles. The van der Waals surface area contributed by atoms with Crippen molar-refractivity contribution >= 4 is 29.8 Å². The van der Waals surface area contributed by atoms with Gasteiger partial charge in [0.05, 0.1) is 0 Å². The molecule has 0 saturated carbocycles. The largest absolute Gasteiger partial charge is 0.368 e. The summed E-state index contributed by atoms with van der Waals surface area (Å²) >= 11 is 5.62. The summed E-state index contributed by atoms with van der Waals surface area (Å²) in [5.74, 6) is 0.879. The molecule has 1 aliphatic heterocycles. The first-order valence-electron chi connectivity index (χ1n) is 3.12. The van der Waals surface area contributed by atoms with Crippen LogP contribution in [0, 0.1) is 0 Å². The average Bonchev–Trinajstić information content (AvgIpc) is 2.33. The van der Waals surface area contributed by atoms with Crippen LogP contribution in [-0.2, 0) is 6.42 Å². The fourth-order valence-corrected chi connectivity index (χ4v) is 1.23. The van der Waals surface area contributed by atoms with Gasteiger partial charge >= 0.3 is 0 Å². The molecule has 0 saturated heterocycles. The van der Waals surface area contributed by atoms with Crippen molar-refractivity contribution in [1.82, 2.24) is 10.2 Å². The molecule has 1 aromatic rings. The molecule has 0 bridgehead atoms. The Labute approximate surface area is 75.6 Å². The van der Waals surface area contributed by atoms with E-state index in [1.54, 1.807) is 0 Å². The lowest BCUT2D eigenvalue weighted by molar-refractivity contribution is 1.03. The highest BCUT2D eigenvalue weighted by Gasteiger charge is 2.11. The number of hydrogen-bond acceptors (Lipinski definition) is 3. The summed E-state index contributed by atoms with van der Waals surface area (Å²) in [5.41, 5.74) is 1.17. The molecule has 0 aliphatic carbocycles. The number of halogens is 2. The van der Waals surface area contributed by atoms with Crippen molar-refractivity contribution in [3.8, 4) is 0 Å². The fourth-order valence-electron chi connectivity index (χ4n) is 1.06. The topological polar surface area (TPSA) is 37.8 Å². The third kappa shape index (κ3) is 1.54. The van der Waals surface area contributed by atoms with Crippen molar-refractivity contribution in [2.45, 2.75) is 6.42 Å². The minimum absolute atomic E-state index is 0. The van der Waals surface area contributed by atoms with Gasteiger partial charge in [0, 0.05) is 12.1 Å². The molecule has 0 fully saturated rings. The minimum atomic E-state index is 0. The molecule has 5 heteroatoms. The van der Waals surface area contributed by atoms with Crippen molar-refractivity contribution < 1.29 is 0 Å². The maximum atomic E-state index is 5.62. The highest BCUT2D eigenvalue weighted by molar-refractivity contribution is 6.29. The third-order valence-corrected chi connectivity index (χ3v) is 1.71. The highest BCUT2D eigenvalue weighted by Crippen LogP contribution is 2.19. The van der Waals surface area contributed by atoms with Crippen LogP contribution in [0.1, 0.15) is 5.56 Å². The van der Waals surface area contributed by atoms with E-state index in [4.69, 9.17) is 11.6 Å². The standard InChI is InChI=1S/C6H6ClN3.ClH/c7-5-3-4-1-2-8-6(4)10-9-5;/h3H,1-2H2,(H,8,10);1H. The number of fused-ring (bicyclic) bond motifs is 1. The molecule has 1 aliphatic rings. The Bertz CT molecular complexity index is 264. The van der Waals surface area contributed by atoms with E-state index in [0.717, 1.165) is 18.8 Å². The summed E-state index contributed by atoms with van der Waals surface area (Å²) in [6.45, 7) is 0.949. The van der Waals surface area contributed by atoms with E-state index in [1.807, 2.05) is 6.07 Å². The van der Waals surface area contributed by atoms with E-state index < -0.39 is 0 Å². The number of nitrogens with zero attached hydrogens (tertiary/aromatic N) is 2. The molecule has 0 aromatic carbocycles. The Morgan fingerprint density at radius 3 is 3.09 bits per heavy atom. The van der Waals surface area contributed by atoms with Gasteiger partial charge in [-0.3, -0.25) is 0 Å². The number of anilines is 1. The minimum Gasteiger partial charge on any atom is -0.368 e. The van der Waals surface area contributed by atoms with Crippen LogP contribution < -0.4 is 5.32 Å². The molecule has 2 heterocycles. The summed E-state index contributed by atoms with van der Waals surface area (Å²) in [7, 11) is 0. The molecule has 3 nitrogen and oxygen atoms in total. The summed E-state index contributed by atoms with van der Waals surface area (Å²) in [4.78, 5) is 0. The highest BCUT2D eigenvalue weighted by atomic mass is 35.5. The van der Waals surface area contributed by atoms with E-state index >= 15 is 0 Å². The molecule has 1 N–H and O–H groups in total. The predicted octanol–water partition coefficient (Wildman–Crippen LogP) is 1.52. The number of aromatic nitrogens is 2. The Balaban J connectivity index is 0.000000605. The van der Waals surface area contributed by atoms with Crippen molar-refractivity contribution in [2.24, 2.45) is 0 Å². The maximum absolute atomic E-state index is 5.62. The van der Waals surface area contributed by atoms with Crippen LogP contribution in [0.4, 0.5) is 5.82 Å². The molecule has 0 atom stereocenters. The lowest BCUT2D eigenvalue weighted by Gasteiger charge is -1.94. The van der Waals surface area contributed by atoms with Crippen LogP contribution in [0.3, 0.4) is 0 Å². The van der Waals surface area contributed by atoms with Crippen molar-refractivity contribution in [3.05, 3.63) is 16.8 Å². The molecule has 2 rings (SSSR count). The average molecular weight is 192 g/mol. The van der Waals surface area contributed by atoms with E-state index in [2.05, 4.69) is 15.5 Å². The van der Waals surface area contributed by atoms with Gasteiger partial charge in [-0.1, -0.05) is 11.6 Å². The van der Waals surface area contributed by atoms with Crippen LogP contribution >= 0.6 is 24.0 Å².